The lowest BCUT2D eigenvalue weighted by atomic mass is 10.00. The van der Waals surface area contributed by atoms with Crippen molar-refractivity contribution in [2.24, 2.45) is 0 Å². The molecule has 0 aromatic heterocycles. The molecule has 1 nitrogen and oxygen atoms in total. The van der Waals surface area contributed by atoms with Crippen LogP contribution in [0.15, 0.2) is 6.07 Å². The Kier molecular flexibility index (Phi) is 3.58. The molecular weight excluding hydrogens is 186 g/mol. The molecule has 0 fully saturated rings. The smallest absolute Gasteiger partial charge is 0.129 e. The zero-order chi connectivity index (χ0) is 10.7. The standard InChI is InChI=1S/C11H14F2O/c1-7-6-10(12)8(2)9(11(7)13)4-3-5-14/h6,14H,3-5H2,1-2H3. The van der Waals surface area contributed by atoms with Gasteiger partial charge in [-0.2, -0.15) is 0 Å². The van der Waals surface area contributed by atoms with E-state index in [-0.39, 0.29) is 18.2 Å². The summed E-state index contributed by atoms with van der Waals surface area (Å²) in [4.78, 5) is 0. The number of benzene rings is 1. The van der Waals surface area contributed by atoms with Crippen LogP contribution in [-0.4, -0.2) is 11.7 Å². The fourth-order valence-corrected chi connectivity index (χ4v) is 1.46. The number of aryl methyl sites for hydroxylation is 1. The minimum Gasteiger partial charge on any atom is -0.396 e. The van der Waals surface area contributed by atoms with Crippen molar-refractivity contribution in [1.29, 1.82) is 0 Å². The third-order valence-corrected chi connectivity index (χ3v) is 2.35. The van der Waals surface area contributed by atoms with Crippen LogP contribution in [0.2, 0.25) is 0 Å². The minimum absolute atomic E-state index is 0.00551. The molecule has 0 amide bonds. The molecule has 1 aromatic rings. The van der Waals surface area contributed by atoms with Crippen LogP contribution in [0, 0.1) is 25.5 Å². The lowest BCUT2D eigenvalue weighted by Crippen LogP contribution is -2.02. The van der Waals surface area contributed by atoms with Crippen LogP contribution in [0.25, 0.3) is 0 Å². The average Bonchev–Trinajstić information content (AvgIpc) is 2.15. The number of aliphatic hydroxyl groups excluding tert-OH is 1. The van der Waals surface area contributed by atoms with Gasteiger partial charge in [0.2, 0.25) is 0 Å². The third-order valence-electron chi connectivity index (χ3n) is 2.35. The van der Waals surface area contributed by atoms with Crippen molar-refractivity contribution in [3.05, 3.63) is 34.4 Å². The first kappa shape index (κ1) is 11.1. The first-order valence-corrected chi connectivity index (χ1v) is 4.63. The van der Waals surface area contributed by atoms with Crippen LogP contribution in [-0.2, 0) is 6.42 Å². The second kappa shape index (κ2) is 4.51. The van der Waals surface area contributed by atoms with Gasteiger partial charge in [-0.25, -0.2) is 8.78 Å². The van der Waals surface area contributed by atoms with Crippen LogP contribution >= 0.6 is 0 Å². The summed E-state index contributed by atoms with van der Waals surface area (Å²) in [6.45, 7) is 3.10. The predicted molar refractivity (Wildman–Crippen MR) is 51.2 cm³/mol. The fourth-order valence-electron chi connectivity index (χ4n) is 1.46. The highest BCUT2D eigenvalue weighted by Gasteiger charge is 2.12. The SMILES string of the molecule is Cc1cc(F)c(C)c(CCCO)c1F. The summed E-state index contributed by atoms with van der Waals surface area (Å²) in [5.74, 6) is -0.728. The van der Waals surface area contributed by atoms with E-state index in [2.05, 4.69) is 0 Å². The van der Waals surface area contributed by atoms with Crippen LogP contribution in [0.3, 0.4) is 0 Å². The Bertz CT molecular complexity index is 308. The van der Waals surface area contributed by atoms with Crippen LogP contribution in [0.1, 0.15) is 23.1 Å². The molecule has 3 heteroatoms. The van der Waals surface area contributed by atoms with Gasteiger partial charge in [-0.15, -0.1) is 0 Å². The minimum atomic E-state index is -0.378. The largest absolute Gasteiger partial charge is 0.396 e. The summed E-state index contributed by atoms with van der Waals surface area (Å²) in [6, 6.07) is 1.20. The molecule has 0 bridgehead atoms. The number of hydrogen-bond acceptors (Lipinski definition) is 1. The Morgan fingerprint density at radius 3 is 2.50 bits per heavy atom. The molecule has 14 heavy (non-hydrogen) atoms. The van der Waals surface area contributed by atoms with Crippen molar-refractivity contribution < 1.29 is 13.9 Å². The molecule has 0 saturated carbocycles. The lowest BCUT2D eigenvalue weighted by molar-refractivity contribution is 0.288. The lowest BCUT2D eigenvalue weighted by Gasteiger charge is -2.09. The van der Waals surface area contributed by atoms with Gasteiger partial charge in [0, 0.05) is 6.61 Å². The van der Waals surface area contributed by atoms with E-state index in [0.717, 1.165) is 0 Å². The monoisotopic (exact) mass is 200 g/mol. The van der Waals surface area contributed by atoms with Crippen LogP contribution in [0.5, 0.6) is 0 Å². The Hall–Kier alpha value is -0.960. The van der Waals surface area contributed by atoms with E-state index in [1.807, 2.05) is 0 Å². The number of hydrogen-bond donors (Lipinski definition) is 1. The molecule has 1 rings (SSSR count). The first-order chi connectivity index (χ1) is 6.57. The summed E-state index contributed by atoms with van der Waals surface area (Å²) in [7, 11) is 0. The number of halogens is 2. The Morgan fingerprint density at radius 2 is 1.93 bits per heavy atom. The van der Waals surface area contributed by atoms with E-state index < -0.39 is 0 Å². The molecule has 0 aliphatic rings. The van der Waals surface area contributed by atoms with E-state index in [0.29, 0.717) is 29.5 Å². The van der Waals surface area contributed by atoms with E-state index in [1.54, 1.807) is 13.8 Å². The summed E-state index contributed by atoms with van der Waals surface area (Å²) in [5, 5.41) is 8.63. The second-order valence-electron chi connectivity index (χ2n) is 3.42. The van der Waals surface area contributed by atoms with Crippen molar-refractivity contribution in [2.45, 2.75) is 26.7 Å². The van der Waals surface area contributed by atoms with Gasteiger partial charge < -0.3 is 5.11 Å². The molecular formula is C11H14F2O. The van der Waals surface area contributed by atoms with E-state index in [1.165, 1.54) is 6.07 Å². The van der Waals surface area contributed by atoms with Gasteiger partial charge in [0.15, 0.2) is 0 Å². The molecule has 0 aliphatic carbocycles. The molecule has 0 radical (unpaired) electrons. The van der Waals surface area contributed by atoms with Crippen molar-refractivity contribution in [3.63, 3.8) is 0 Å². The molecule has 0 unspecified atom stereocenters. The third kappa shape index (κ3) is 2.10. The van der Waals surface area contributed by atoms with Gasteiger partial charge in [0.25, 0.3) is 0 Å². The van der Waals surface area contributed by atoms with Gasteiger partial charge in [0.1, 0.15) is 11.6 Å². The Balaban J connectivity index is 3.11. The molecule has 0 atom stereocenters. The van der Waals surface area contributed by atoms with Gasteiger partial charge >= 0.3 is 0 Å². The fraction of sp³-hybridized carbons (Fsp3) is 0.455. The van der Waals surface area contributed by atoms with Gasteiger partial charge in [-0.3, -0.25) is 0 Å². The van der Waals surface area contributed by atoms with E-state index in [4.69, 9.17) is 5.11 Å². The number of aliphatic hydroxyl groups is 1. The maximum atomic E-state index is 13.5. The van der Waals surface area contributed by atoms with Crippen LogP contribution in [0.4, 0.5) is 8.78 Å². The Morgan fingerprint density at radius 1 is 1.29 bits per heavy atom. The van der Waals surface area contributed by atoms with E-state index in [9.17, 15) is 8.78 Å². The van der Waals surface area contributed by atoms with Crippen molar-refractivity contribution in [3.8, 4) is 0 Å². The molecule has 78 valence electrons. The van der Waals surface area contributed by atoms with Crippen molar-refractivity contribution >= 4 is 0 Å². The predicted octanol–water partition coefficient (Wildman–Crippen LogP) is 2.51. The normalized spacial score (nSPS) is 10.6. The first-order valence-electron chi connectivity index (χ1n) is 4.63. The molecule has 1 aromatic carbocycles. The summed E-state index contributed by atoms with van der Waals surface area (Å²) in [5.41, 5.74) is 1.05. The molecule has 0 saturated heterocycles. The average molecular weight is 200 g/mol. The van der Waals surface area contributed by atoms with Crippen LogP contribution < -0.4 is 0 Å². The molecule has 1 N–H and O–H groups in total. The highest BCUT2D eigenvalue weighted by Crippen LogP contribution is 2.21. The summed E-state index contributed by atoms with van der Waals surface area (Å²) in [6.07, 6.45) is 0.841. The van der Waals surface area contributed by atoms with Crippen molar-refractivity contribution in [1.82, 2.24) is 0 Å². The van der Waals surface area contributed by atoms with Crippen molar-refractivity contribution in [2.75, 3.05) is 6.61 Å². The van der Waals surface area contributed by atoms with Gasteiger partial charge in [-0.05, 0) is 49.4 Å². The highest BCUT2D eigenvalue weighted by atomic mass is 19.1. The molecule has 0 spiro atoms. The molecule has 0 heterocycles. The maximum Gasteiger partial charge on any atom is 0.129 e. The Labute approximate surface area is 82.4 Å². The zero-order valence-corrected chi connectivity index (χ0v) is 8.40. The van der Waals surface area contributed by atoms with Gasteiger partial charge in [0.05, 0.1) is 0 Å². The van der Waals surface area contributed by atoms with E-state index >= 15 is 0 Å². The highest BCUT2D eigenvalue weighted by molar-refractivity contribution is 5.33. The summed E-state index contributed by atoms with van der Waals surface area (Å²) < 4.78 is 26.7. The summed E-state index contributed by atoms with van der Waals surface area (Å²) >= 11 is 0. The maximum absolute atomic E-state index is 13.5. The topological polar surface area (TPSA) is 20.2 Å². The van der Waals surface area contributed by atoms with Gasteiger partial charge in [-0.1, -0.05) is 0 Å². The zero-order valence-electron chi connectivity index (χ0n) is 8.40. The molecule has 0 aliphatic heterocycles. The number of rotatable bonds is 3. The second-order valence-corrected chi connectivity index (χ2v) is 3.42. The quantitative estimate of drug-likeness (QED) is 0.794.